The van der Waals surface area contributed by atoms with E-state index in [2.05, 4.69) is 10.3 Å². The number of hydrogen-bond donors (Lipinski definition) is 3. The van der Waals surface area contributed by atoms with Crippen molar-refractivity contribution in [3.8, 4) is 11.3 Å². The van der Waals surface area contributed by atoms with E-state index in [1.54, 1.807) is 30.6 Å². The number of aliphatic hydroxyl groups excluding tert-OH is 1. The van der Waals surface area contributed by atoms with Gasteiger partial charge in [0.25, 0.3) is 5.91 Å². The number of pyridine rings is 1. The van der Waals surface area contributed by atoms with Crippen LogP contribution in [0, 0.1) is 0 Å². The maximum atomic E-state index is 13.0. The smallest absolute Gasteiger partial charge is 0.322 e. The van der Waals surface area contributed by atoms with Crippen molar-refractivity contribution in [3.05, 3.63) is 53.7 Å². The van der Waals surface area contributed by atoms with Crippen molar-refractivity contribution in [2.75, 3.05) is 6.54 Å². The monoisotopic (exact) mass is 381 g/mol. The molecular formula is C20H19N3O5. The summed E-state index contributed by atoms with van der Waals surface area (Å²) >= 11 is 0. The van der Waals surface area contributed by atoms with Gasteiger partial charge in [0, 0.05) is 18.0 Å². The number of allylic oxidation sites excluding steroid dienone is 1. The molecule has 1 aliphatic heterocycles. The van der Waals surface area contributed by atoms with Crippen molar-refractivity contribution in [1.82, 2.24) is 14.9 Å². The first kappa shape index (κ1) is 18.0. The second-order valence-corrected chi connectivity index (χ2v) is 7.05. The molecule has 0 atom stereocenters. The van der Waals surface area contributed by atoms with E-state index >= 15 is 0 Å². The zero-order chi connectivity index (χ0) is 19.9. The van der Waals surface area contributed by atoms with Crippen molar-refractivity contribution in [1.29, 1.82) is 0 Å². The Balaban J connectivity index is 1.87. The van der Waals surface area contributed by atoms with E-state index in [0.29, 0.717) is 18.5 Å². The molecule has 0 saturated heterocycles. The number of fused-ring (bicyclic) bond motifs is 2. The first-order valence-corrected chi connectivity index (χ1v) is 9.07. The predicted octanol–water partition coefficient (Wildman–Crippen LogP) is 2.03. The highest BCUT2D eigenvalue weighted by atomic mass is 16.4. The number of nitrogens with one attached hydrogen (secondary N) is 1. The van der Waals surface area contributed by atoms with Gasteiger partial charge >= 0.3 is 5.97 Å². The Morgan fingerprint density at radius 2 is 1.89 bits per heavy atom. The van der Waals surface area contributed by atoms with E-state index in [1.165, 1.54) is 0 Å². The lowest BCUT2D eigenvalue weighted by molar-refractivity contribution is -0.137. The molecule has 4 rings (SSSR count). The largest absolute Gasteiger partial charge is 0.509 e. The van der Waals surface area contributed by atoms with Crippen LogP contribution < -0.4 is 5.32 Å². The molecule has 0 aromatic carbocycles. The summed E-state index contributed by atoms with van der Waals surface area (Å²) in [5.74, 6) is -3.00. The third kappa shape index (κ3) is 2.60. The molecule has 1 amide bonds. The topological polar surface area (TPSA) is 122 Å². The fourth-order valence-electron chi connectivity index (χ4n) is 4.26. The number of carbonyl (C=O) groups excluding carboxylic acids is 2. The summed E-state index contributed by atoms with van der Waals surface area (Å²) in [5.41, 5.74) is 0.591. The molecule has 0 radical (unpaired) electrons. The molecule has 28 heavy (non-hydrogen) atoms. The second-order valence-electron chi connectivity index (χ2n) is 7.05. The van der Waals surface area contributed by atoms with Gasteiger partial charge in [0.1, 0.15) is 23.4 Å². The number of carboxylic acid groups (broad SMARTS) is 1. The maximum absolute atomic E-state index is 13.0. The Labute approximate surface area is 160 Å². The third-order valence-corrected chi connectivity index (χ3v) is 5.46. The van der Waals surface area contributed by atoms with Crippen LogP contribution >= 0.6 is 0 Å². The Morgan fingerprint density at radius 1 is 1.18 bits per heavy atom. The van der Waals surface area contributed by atoms with E-state index in [-0.39, 0.29) is 11.3 Å². The molecular weight excluding hydrogens is 362 g/mol. The highest BCUT2D eigenvalue weighted by Crippen LogP contribution is 2.49. The average molecular weight is 381 g/mol. The van der Waals surface area contributed by atoms with Gasteiger partial charge in [-0.25, -0.2) is 0 Å². The number of aliphatic hydroxyl groups is 1. The van der Waals surface area contributed by atoms with Crippen molar-refractivity contribution >= 4 is 17.7 Å². The fraction of sp³-hybridized carbons (Fsp3) is 0.300. The van der Waals surface area contributed by atoms with Crippen molar-refractivity contribution in [3.63, 3.8) is 0 Å². The summed E-state index contributed by atoms with van der Waals surface area (Å²) in [5, 5.41) is 22.1. The van der Waals surface area contributed by atoms with Gasteiger partial charge in [0.05, 0.1) is 11.4 Å². The van der Waals surface area contributed by atoms with Crippen molar-refractivity contribution in [2.24, 2.45) is 0 Å². The van der Waals surface area contributed by atoms with Crippen LogP contribution in [0.3, 0.4) is 0 Å². The number of amides is 1. The zero-order valence-corrected chi connectivity index (χ0v) is 15.0. The Kier molecular flexibility index (Phi) is 4.26. The van der Waals surface area contributed by atoms with Crippen molar-refractivity contribution < 1.29 is 24.6 Å². The molecule has 1 aliphatic carbocycles. The minimum Gasteiger partial charge on any atom is -0.509 e. The number of hydrogen-bond acceptors (Lipinski definition) is 5. The molecule has 3 N–H and O–H groups in total. The molecule has 1 fully saturated rings. The van der Waals surface area contributed by atoms with Gasteiger partial charge in [-0.2, -0.15) is 0 Å². The molecule has 2 aromatic rings. The summed E-state index contributed by atoms with van der Waals surface area (Å²) in [4.78, 5) is 40.5. The number of ketones is 1. The molecule has 1 saturated carbocycles. The van der Waals surface area contributed by atoms with E-state index in [4.69, 9.17) is 5.11 Å². The number of carbonyl (C=O) groups is 3. The molecule has 2 aliphatic rings. The van der Waals surface area contributed by atoms with Gasteiger partial charge in [-0.15, -0.1) is 0 Å². The van der Waals surface area contributed by atoms with Crippen LogP contribution in [0.15, 0.2) is 48.0 Å². The van der Waals surface area contributed by atoms with Crippen LogP contribution in [0.2, 0.25) is 0 Å². The van der Waals surface area contributed by atoms with Crippen LogP contribution in [0.4, 0.5) is 0 Å². The number of rotatable bonds is 4. The first-order chi connectivity index (χ1) is 13.5. The fourth-order valence-corrected chi connectivity index (χ4v) is 4.26. The highest BCUT2D eigenvalue weighted by Gasteiger charge is 2.50. The van der Waals surface area contributed by atoms with Gasteiger partial charge < -0.3 is 20.1 Å². The van der Waals surface area contributed by atoms with E-state index in [1.807, 2.05) is 10.6 Å². The minimum absolute atomic E-state index is 0.285. The Bertz CT molecular complexity index is 1000. The van der Waals surface area contributed by atoms with Gasteiger partial charge in [-0.3, -0.25) is 19.4 Å². The van der Waals surface area contributed by atoms with Gasteiger partial charge in [0.15, 0.2) is 0 Å². The Hall–Kier alpha value is -3.42. The van der Waals surface area contributed by atoms with Crippen molar-refractivity contribution in [2.45, 2.75) is 31.2 Å². The second kappa shape index (κ2) is 6.63. The molecule has 8 nitrogen and oxygen atoms in total. The summed E-state index contributed by atoms with van der Waals surface area (Å²) in [6.07, 6.45) is 6.18. The predicted molar refractivity (Wildman–Crippen MR) is 98.7 cm³/mol. The number of aromatic nitrogens is 2. The standard InChI is InChI=1S/C20H19N3O5/c24-15(25)11-22-19(28)16-17(26)14-6-5-13(12-4-3-9-21-10-12)23(14)20(18(16)27)7-1-2-8-20/h3-6,9-10,27H,1-2,7-8,11H2,(H,22,28)(H,24,25). The number of carboxylic acids is 1. The summed E-state index contributed by atoms with van der Waals surface area (Å²) in [6, 6.07) is 7.09. The average Bonchev–Trinajstić information content (AvgIpc) is 3.34. The van der Waals surface area contributed by atoms with E-state index in [9.17, 15) is 19.5 Å². The van der Waals surface area contributed by atoms with Crippen LogP contribution in [0.5, 0.6) is 0 Å². The summed E-state index contributed by atoms with van der Waals surface area (Å²) in [7, 11) is 0. The summed E-state index contributed by atoms with van der Waals surface area (Å²) in [6.45, 7) is -0.627. The molecule has 0 unspecified atom stereocenters. The SMILES string of the molecule is O=C(O)CNC(=O)C1=C(O)C2(CCCC2)n2c(ccc2-c2cccnc2)C1=O. The van der Waals surface area contributed by atoms with Crippen LogP contribution in [-0.2, 0) is 15.1 Å². The zero-order valence-electron chi connectivity index (χ0n) is 15.0. The van der Waals surface area contributed by atoms with Gasteiger partial charge in [0.2, 0.25) is 5.78 Å². The molecule has 3 heterocycles. The summed E-state index contributed by atoms with van der Waals surface area (Å²) < 4.78 is 1.82. The van der Waals surface area contributed by atoms with Gasteiger partial charge in [-0.05, 0) is 37.1 Å². The number of nitrogens with zero attached hydrogens (tertiary/aromatic N) is 2. The first-order valence-electron chi connectivity index (χ1n) is 9.07. The van der Waals surface area contributed by atoms with Crippen LogP contribution in [-0.4, -0.2) is 44.0 Å². The third-order valence-electron chi connectivity index (χ3n) is 5.46. The van der Waals surface area contributed by atoms with E-state index in [0.717, 1.165) is 24.1 Å². The molecule has 0 bridgehead atoms. The molecule has 2 aromatic heterocycles. The minimum atomic E-state index is -1.23. The lowest BCUT2D eigenvalue weighted by atomic mass is 9.84. The number of Topliss-reactive ketones (excluding diaryl/α,β-unsaturated/α-hetero) is 1. The molecule has 8 heteroatoms. The normalized spacial score (nSPS) is 17.6. The maximum Gasteiger partial charge on any atom is 0.322 e. The lowest BCUT2D eigenvalue weighted by Crippen LogP contribution is -2.44. The van der Waals surface area contributed by atoms with Gasteiger partial charge in [-0.1, -0.05) is 12.8 Å². The number of aliphatic carboxylic acids is 1. The Morgan fingerprint density at radius 3 is 2.54 bits per heavy atom. The molecule has 1 spiro atoms. The molecule has 144 valence electrons. The van der Waals surface area contributed by atoms with E-state index < -0.39 is 29.7 Å². The van der Waals surface area contributed by atoms with Crippen LogP contribution in [0.25, 0.3) is 11.3 Å². The lowest BCUT2D eigenvalue weighted by Gasteiger charge is -2.38. The highest BCUT2D eigenvalue weighted by molar-refractivity contribution is 6.26. The quantitative estimate of drug-likeness (QED) is 0.697. The van der Waals surface area contributed by atoms with Crippen LogP contribution in [0.1, 0.15) is 36.2 Å².